The van der Waals surface area contributed by atoms with Crippen LogP contribution in [0, 0.1) is 0 Å². The number of aliphatic hydroxyl groups excluding tert-OH is 1. The van der Waals surface area contributed by atoms with Gasteiger partial charge in [-0.05, 0) is 12.0 Å². The Kier molecular flexibility index (Phi) is 6.92. The Hall–Kier alpha value is -2.19. The number of aliphatic hydroxyl groups is 1. The van der Waals surface area contributed by atoms with Crippen molar-refractivity contribution >= 4 is 6.29 Å². The first-order chi connectivity index (χ1) is 9.27. The largest absolute Gasteiger partial charge is 0.388 e. The van der Waals surface area contributed by atoms with Gasteiger partial charge in [-0.15, -0.1) is 6.58 Å². The molecule has 0 saturated carbocycles. The monoisotopic (exact) mass is 254 g/mol. The number of benzene rings is 2. The van der Waals surface area contributed by atoms with Crippen LogP contribution in [-0.4, -0.2) is 11.4 Å². The van der Waals surface area contributed by atoms with E-state index >= 15 is 0 Å². The van der Waals surface area contributed by atoms with Crippen molar-refractivity contribution in [2.75, 3.05) is 0 Å². The topological polar surface area (TPSA) is 37.3 Å². The molecule has 1 atom stereocenters. The van der Waals surface area contributed by atoms with Crippen LogP contribution < -0.4 is 0 Å². The van der Waals surface area contributed by atoms with E-state index in [2.05, 4.69) is 6.58 Å². The molecule has 0 saturated heterocycles. The quantitative estimate of drug-likeness (QED) is 0.665. The Morgan fingerprint density at radius 1 is 1.00 bits per heavy atom. The molecule has 0 heterocycles. The van der Waals surface area contributed by atoms with E-state index in [1.807, 2.05) is 48.5 Å². The Labute approximate surface area is 114 Å². The lowest BCUT2D eigenvalue weighted by molar-refractivity contribution is 0.112. The molecule has 0 aliphatic rings. The fourth-order valence-electron chi connectivity index (χ4n) is 1.50. The van der Waals surface area contributed by atoms with E-state index in [9.17, 15) is 9.90 Å². The second-order valence-electron chi connectivity index (χ2n) is 3.98. The summed E-state index contributed by atoms with van der Waals surface area (Å²) >= 11 is 0. The summed E-state index contributed by atoms with van der Waals surface area (Å²) in [6.45, 7) is 3.57. The van der Waals surface area contributed by atoms with E-state index in [1.54, 1.807) is 18.2 Å². The second kappa shape index (κ2) is 8.84. The van der Waals surface area contributed by atoms with Crippen LogP contribution in [0.25, 0.3) is 0 Å². The first-order valence-electron chi connectivity index (χ1n) is 6.12. The van der Waals surface area contributed by atoms with Gasteiger partial charge in [0.05, 0.1) is 6.10 Å². The lowest BCUT2D eigenvalue weighted by atomic mass is 10.1. The molecule has 2 nitrogen and oxygen atoms in total. The highest BCUT2D eigenvalue weighted by atomic mass is 16.3. The number of hydrogen-bond donors (Lipinski definition) is 1. The van der Waals surface area contributed by atoms with E-state index in [-0.39, 0.29) is 0 Å². The molecular formula is C17H18O2. The minimum atomic E-state index is -0.395. The first-order valence-corrected chi connectivity index (χ1v) is 6.12. The SMILES string of the molecule is C=CCC(O)c1ccccc1.O=Cc1ccccc1. The van der Waals surface area contributed by atoms with Crippen LogP contribution >= 0.6 is 0 Å². The van der Waals surface area contributed by atoms with E-state index in [4.69, 9.17) is 0 Å². The summed E-state index contributed by atoms with van der Waals surface area (Å²) in [7, 11) is 0. The van der Waals surface area contributed by atoms with Gasteiger partial charge in [0.1, 0.15) is 6.29 Å². The second-order valence-corrected chi connectivity index (χ2v) is 3.98. The van der Waals surface area contributed by atoms with Gasteiger partial charge in [-0.3, -0.25) is 4.79 Å². The van der Waals surface area contributed by atoms with Gasteiger partial charge in [0.2, 0.25) is 0 Å². The summed E-state index contributed by atoms with van der Waals surface area (Å²) in [5, 5.41) is 9.45. The average Bonchev–Trinajstić information content (AvgIpc) is 2.50. The molecule has 0 radical (unpaired) electrons. The molecule has 0 amide bonds. The van der Waals surface area contributed by atoms with Gasteiger partial charge in [0.25, 0.3) is 0 Å². The van der Waals surface area contributed by atoms with E-state index < -0.39 is 6.10 Å². The van der Waals surface area contributed by atoms with Crippen LogP contribution in [-0.2, 0) is 0 Å². The molecule has 98 valence electrons. The predicted octanol–water partition coefficient (Wildman–Crippen LogP) is 3.80. The van der Waals surface area contributed by atoms with Crippen LogP contribution in [0.5, 0.6) is 0 Å². The summed E-state index contributed by atoms with van der Waals surface area (Å²) in [4.78, 5) is 10.0. The maximum Gasteiger partial charge on any atom is 0.150 e. The smallest absolute Gasteiger partial charge is 0.150 e. The Morgan fingerprint density at radius 2 is 1.53 bits per heavy atom. The van der Waals surface area contributed by atoms with Gasteiger partial charge < -0.3 is 5.11 Å². The highest BCUT2D eigenvalue weighted by Gasteiger charge is 2.02. The molecule has 1 N–H and O–H groups in total. The maximum absolute atomic E-state index is 10.0. The lowest BCUT2D eigenvalue weighted by Gasteiger charge is -2.06. The summed E-state index contributed by atoms with van der Waals surface area (Å²) in [5.74, 6) is 0. The van der Waals surface area contributed by atoms with E-state index in [0.717, 1.165) is 17.4 Å². The fraction of sp³-hybridized carbons (Fsp3) is 0.118. The minimum absolute atomic E-state index is 0.395. The zero-order valence-electron chi connectivity index (χ0n) is 10.8. The minimum Gasteiger partial charge on any atom is -0.388 e. The molecular weight excluding hydrogens is 236 g/mol. The van der Waals surface area contributed by atoms with Gasteiger partial charge in [-0.2, -0.15) is 0 Å². The van der Waals surface area contributed by atoms with Crippen LogP contribution in [0.1, 0.15) is 28.4 Å². The standard InChI is InChI=1S/C10H12O.C7H6O/c1-2-6-10(11)9-7-4-3-5-8-9;8-6-7-4-2-1-3-5-7/h2-5,7-8,10-11H,1,6H2;1-6H. The van der Waals surface area contributed by atoms with Gasteiger partial charge in [0.15, 0.2) is 0 Å². The number of carbonyl (C=O) groups is 1. The van der Waals surface area contributed by atoms with Crippen LogP contribution in [0.15, 0.2) is 73.3 Å². The third-order valence-electron chi connectivity index (χ3n) is 2.51. The molecule has 0 aliphatic carbocycles. The van der Waals surface area contributed by atoms with E-state index in [0.29, 0.717) is 6.42 Å². The van der Waals surface area contributed by atoms with E-state index in [1.165, 1.54) is 0 Å². The average molecular weight is 254 g/mol. The highest BCUT2D eigenvalue weighted by Crippen LogP contribution is 2.15. The number of hydrogen-bond acceptors (Lipinski definition) is 2. The van der Waals surface area contributed by atoms with Gasteiger partial charge in [0, 0.05) is 5.56 Å². The third-order valence-corrected chi connectivity index (χ3v) is 2.51. The molecule has 2 rings (SSSR count). The Bertz CT molecular complexity index is 477. The lowest BCUT2D eigenvalue weighted by Crippen LogP contribution is -1.93. The first kappa shape index (κ1) is 14.9. The maximum atomic E-state index is 10.0. The molecule has 0 bridgehead atoms. The molecule has 0 fully saturated rings. The van der Waals surface area contributed by atoms with Crippen molar-refractivity contribution in [1.82, 2.24) is 0 Å². The van der Waals surface area contributed by atoms with Crippen molar-refractivity contribution in [2.24, 2.45) is 0 Å². The molecule has 2 heteroatoms. The number of aldehydes is 1. The predicted molar refractivity (Wildman–Crippen MR) is 78.0 cm³/mol. The summed E-state index contributed by atoms with van der Waals surface area (Å²) in [5.41, 5.74) is 1.68. The molecule has 0 spiro atoms. The summed E-state index contributed by atoms with van der Waals surface area (Å²) in [6, 6.07) is 18.7. The van der Waals surface area contributed by atoms with Gasteiger partial charge in [-0.25, -0.2) is 0 Å². The van der Waals surface area contributed by atoms with Gasteiger partial charge >= 0.3 is 0 Å². The number of carbonyl (C=O) groups excluding carboxylic acids is 1. The summed E-state index contributed by atoms with van der Waals surface area (Å²) < 4.78 is 0. The van der Waals surface area contributed by atoms with Crippen molar-refractivity contribution in [1.29, 1.82) is 0 Å². The van der Waals surface area contributed by atoms with Gasteiger partial charge in [-0.1, -0.05) is 66.7 Å². The molecule has 19 heavy (non-hydrogen) atoms. The van der Waals surface area contributed by atoms with Crippen LogP contribution in [0.2, 0.25) is 0 Å². The van der Waals surface area contributed by atoms with Crippen molar-refractivity contribution in [3.63, 3.8) is 0 Å². The zero-order chi connectivity index (χ0) is 13.9. The van der Waals surface area contributed by atoms with Crippen molar-refractivity contribution in [3.8, 4) is 0 Å². The molecule has 0 aromatic heterocycles. The normalized spacial score (nSPS) is 10.8. The molecule has 0 aliphatic heterocycles. The van der Waals surface area contributed by atoms with Crippen LogP contribution in [0.4, 0.5) is 0 Å². The Morgan fingerprint density at radius 3 is 1.95 bits per heavy atom. The fourth-order valence-corrected chi connectivity index (χ4v) is 1.50. The van der Waals surface area contributed by atoms with Crippen LogP contribution in [0.3, 0.4) is 0 Å². The zero-order valence-corrected chi connectivity index (χ0v) is 10.8. The summed E-state index contributed by atoms with van der Waals surface area (Å²) in [6.07, 6.45) is 2.77. The highest BCUT2D eigenvalue weighted by molar-refractivity contribution is 5.74. The van der Waals surface area contributed by atoms with Crippen molar-refractivity contribution in [3.05, 3.63) is 84.4 Å². The number of rotatable bonds is 4. The molecule has 2 aromatic rings. The molecule has 1 unspecified atom stereocenters. The van der Waals surface area contributed by atoms with Crippen molar-refractivity contribution < 1.29 is 9.90 Å². The Balaban J connectivity index is 0.000000200. The molecule has 2 aromatic carbocycles. The third kappa shape index (κ3) is 5.80. The van der Waals surface area contributed by atoms with Crippen molar-refractivity contribution in [2.45, 2.75) is 12.5 Å².